The molecule has 0 atom stereocenters. The van der Waals surface area contributed by atoms with Crippen molar-refractivity contribution in [2.45, 2.75) is 39.7 Å². The van der Waals surface area contributed by atoms with Crippen LogP contribution in [0.5, 0.6) is 0 Å². The lowest BCUT2D eigenvalue weighted by Crippen LogP contribution is -2.23. The molecule has 0 aromatic carbocycles. The summed E-state index contributed by atoms with van der Waals surface area (Å²) in [6, 6.07) is 0. The molecule has 5 nitrogen and oxygen atoms in total. The Hall–Kier alpha value is -1.52. The van der Waals surface area contributed by atoms with E-state index in [1.165, 1.54) is 12.8 Å². The molecule has 2 rings (SSSR count). The van der Waals surface area contributed by atoms with E-state index in [0.717, 1.165) is 24.6 Å². The van der Waals surface area contributed by atoms with Crippen LogP contribution in [0, 0.1) is 11.3 Å². The van der Waals surface area contributed by atoms with Crippen LogP contribution in [0.4, 0.5) is 5.69 Å². The number of anilines is 1. The number of carbonyl (C=O) groups excluding carboxylic acids is 1. The van der Waals surface area contributed by atoms with Crippen LogP contribution in [-0.2, 0) is 11.3 Å². The van der Waals surface area contributed by atoms with Crippen molar-refractivity contribution in [1.29, 1.82) is 0 Å². The van der Waals surface area contributed by atoms with Crippen LogP contribution in [0.25, 0.3) is 0 Å². The molecule has 0 spiro atoms. The van der Waals surface area contributed by atoms with Crippen molar-refractivity contribution >= 4 is 11.6 Å². The zero-order valence-electron chi connectivity index (χ0n) is 12.1. The first kappa shape index (κ1) is 13.9. The number of rotatable bonds is 7. The highest BCUT2D eigenvalue weighted by Gasteiger charge is 2.36. The van der Waals surface area contributed by atoms with Crippen molar-refractivity contribution < 1.29 is 4.79 Å². The Morgan fingerprint density at radius 3 is 2.89 bits per heavy atom. The molecule has 1 saturated carbocycles. The van der Waals surface area contributed by atoms with Gasteiger partial charge < -0.3 is 10.6 Å². The number of aromatic nitrogens is 2. The van der Waals surface area contributed by atoms with Gasteiger partial charge >= 0.3 is 0 Å². The third-order valence-corrected chi connectivity index (χ3v) is 4.00. The van der Waals surface area contributed by atoms with Crippen molar-refractivity contribution in [3.8, 4) is 0 Å². The van der Waals surface area contributed by atoms with Crippen molar-refractivity contribution in [2.24, 2.45) is 11.3 Å². The fourth-order valence-corrected chi connectivity index (χ4v) is 2.37. The highest BCUT2D eigenvalue weighted by Crippen LogP contribution is 2.47. The Morgan fingerprint density at radius 1 is 1.53 bits per heavy atom. The van der Waals surface area contributed by atoms with Gasteiger partial charge in [0, 0.05) is 19.8 Å². The topological polar surface area (TPSA) is 59.0 Å². The smallest absolute Gasteiger partial charge is 0.241 e. The molecular formula is C14H24N4O. The van der Waals surface area contributed by atoms with Gasteiger partial charge in [-0.3, -0.25) is 9.48 Å². The molecule has 1 heterocycles. The Morgan fingerprint density at radius 2 is 2.26 bits per heavy atom. The van der Waals surface area contributed by atoms with Gasteiger partial charge in [0.1, 0.15) is 6.54 Å². The van der Waals surface area contributed by atoms with E-state index in [1.807, 2.05) is 6.20 Å². The van der Waals surface area contributed by atoms with Crippen LogP contribution >= 0.6 is 0 Å². The molecule has 0 saturated heterocycles. The van der Waals surface area contributed by atoms with Crippen LogP contribution < -0.4 is 10.6 Å². The first-order chi connectivity index (χ1) is 9.01. The first-order valence-corrected chi connectivity index (χ1v) is 6.98. The lowest BCUT2D eigenvalue weighted by atomic mass is 9.84. The average molecular weight is 264 g/mol. The summed E-state index contributed by atoms with van der Waals surface area (Å²) in [5.41, 5.74) is 1.42. The van der Waals surface area contributed by atoms with Gasteiger partial charge in [0.05, 0.1) is 11.9 Å². The Labute approximate surface area is 114 Å². The molecule has 0 aliphatic heterocycles. The van der Waals surface area contributed by atoms with Crippen molar-refractivity contribution in [3.63, 3.8) is 0 Å². The van der Waals surface area contributed by atoms with Crippen LogP contribution in [-0.4, -0.2) is 29.3 Å². The predicted molar refractivity (Wildman–Crippen MR) is 75.9 cm³/mol. The van der Waals surface area contributed by atoms with Gasteiger partial charge in [-0.2, -0.15) is 5.10 Å². The van der Waals surface area contributed by atoms with E-state index in [4.69, 9.17) is 0 Å². The maximum Gasteiger partial charge on any atom is 0.241 e. The number of carbonyl (C=O) groups is 1. The molecule has 0 radical (unpaired) electrons. The number of nitrogens with one attached hydrogen (secondary N) is 2. The van der Waals surface area contributed by atoms with Gasteiger partial charge in [0.15, 0.2) is 0 Å². The van der Waals surface area contributed by atoms with Crippen LogP contribution in [0.2, 0.25) is 0 Å². The second-order valence-corrected chi connectivity index (χ2v) is 6.04. The third-order valence-electron chi connectivity index (χ3n) is 4.00. The van der Waals surface area contributed by atoms with Gasteiger partial charge in [-0.25, -0.2) is 0 Å². The number of nitrogens with zero attached hydrogens (tertiary/aromatic N) is 2. The molecule has 1 aromatic heterocycles. The fourth-order valence-electron chi connectivity index (χ4n) is 2.37. The molecule has 5 heteroatoms. The van der Waals surface area contributed by atoms with Gasteiger partial charge in [-0.05, 0) is 30.6 Å². The fraction of sp³-hybridized carbons (Fsp3) is 0.714. The Balaban J connectivity index is 1.75. The molecule has 1 aliphatic carbocycles. The van der Waals surface area contributed by atoms with E-state index in [1.54, 1.807) is 17.9 Å². The van der Waals surface area contributed by atoms with E-state index in [9.17, 15) is 4.79 Å². The molecule has 1 aliphatic rings. The van der Waals surface area contributed by atoms with Crippen LogP contribution in [0.3, 0.4) is 0 Å². The van der Waals surface area contributed by atoms with E-state index in [-0.39, 0.29) is 12.5 Å². The summed E-state index contributed by atoms with van der Waals surface area (Å²) in [5.74, 6) is 0.870. The zero-order chi connectivity index (χ0) is 13.9. The summed E-state index contributed by atoms with van der Waals surface area (Å²) in [5, 5.41) is 10.1. The Bertz CT molecular complexity index is 434. The highest BCUT2D eigenvalue weighted by molar-refractivity contribution is 5.75. The summed E-state index contributed by atoms with van der Waals surface area (Å²) in [7, 11) is 1.63. The standard InChI is InChI=1S/C14H24N4O/c1-14(2,11-4-5-11)6-7-16-12-8-17-18(9-12)10-13(19)15-3/h8-9,11,16H,4-7,10H2,1-3H3,(H,15,19). The molecule has 1 amide bonds. The minimum Gasteiger partial charge on any atom is -0.382 e. The second-order valence-electron chi connectivity index (χ2n) is 6.04. The molecular weight excluding hydrogens is 240 g/mol. The number of likely N-dealkylation sites (N-methyl/N-ethyl adjacent to an activating group) is 1. The van der Waals surface area contributed by atoms with E-state index in [2.05, 4.69) is 29.6 Å². The van der Waals surface area contributed by atoms with Gasteiger partial charge in [-0.15, -0.1) is 0 Å². The monoisotopic (exact) mass is 264 g/mol. The number of hydrogen-bond donors (Lipinski definition) is 2. The van der Waals surface area contributed by atoms with E-state index in [0.29, 0.717) is 5.41 Å². The lowest BCUT2D eigenvalue weighted by molar-refractivity contribution is -0.121. The molecule has 1 aromatic rings. The number of amides is 1. The van der Waals surface area contributed by atoms with Crippen LogP contribution in [0.15, 0.2) is 12.4 Å². The molecule has 106 valence electrons. The summed E-state index contributed by atoms with van der Waals surface area (Å²) < 4.78 is 1.65. The van der Waals surface area contributed by atoms with E-state index < -0.39 is 0 Å². The maximum absolute atomic E-state index is 11.2. The minimum absolute atomic E-state index is 0.0375. The summed E-state index contributed by atoms with van der Waals surface area (Å²) >= 11 is 0. The SMILES string of the molecule is CNC(=O)Cn1cc(NCCC(C)(C)C2CC2)cn1. The summed E-state index contributed by atoms with van der Waals surface area (Å²) in [6.07, 6.45) is 7.58. The Kier molecular flexibility index (Phi) is 4.12. The van der Waals surface area contributed by atoms with Gasteiger partial charge in [0.25, 0.3) is 0 Å². The number of hydrogen-bond acceptors (Lipinski definition) is 3. The molecule has 0 bridgehead atoms. The minimum atomic E-state index is -0.0375. The predicted octanol–water partition coefficient (Wildman–Crippen LogP) is 1.87. The third kappa shape index (κ3) is 3.98. The maximum atomic E-state index is 11.2. The second kappa shape index (κ2) is 5.63. The van der Waals surface area contributed by atoms with E-state index >= 15 is 0 Å². The van der Waals surface area contributed by atoms with Crippen molar-refractivity contribution in [2.75, 3.05) is 18.9 Å². The normalized spacial score (nSPS) is 15.3. The summed E-state index contributed by atoms with van der Waals surface area (Å²) in [4.78, 5) is 11.2. The molecule has 0 unspecified atom stereocenters. The zero-order valence-corrected chi connectivity index (χ0v) is 12.1. The summed E-state index contributed by atoms with van der Waals surface area (Å²) in [6.45, 7) is 5.92. The quantitative estimate of drug-likeness (QED) is 0.790. The highest BCUT2D eigenvalue weighted by atomic mass is 16.1. The van der Waals surface area contributed by atoms with Gasteiger partial charge in [-0.1, -0.05) is 13.8 Å². The van der Waals surface area contributed by atoms with Crippen molar-refractivity contribution in [3.05, 3.63) is 12.4 Å². The molecule has 2 N–H and O–H groups in total. The molecule has 19 heavy (non-hydrogen) atoms. The lowest BCUT2D eigenvalue weighted by Gasteiger charge is -2.24. The first-order valence-electron chi connectivity index (χ1n) is 6.98. The largest absolute Gasteiger partial charge is 0.382 e. The average Bonchev–Trinajstić information content (AvgIpc) is 3.13. The van der Waals surface area contributed by atoms with Crippen molar-refractivity contribution in [1.82, 2.24) is 15.1 Å². The molecule has 1 fully saturated rings. The van der Waals surface area contributed by atoms with Gasteiger partial charge in [0.2, 0.25) is 5.91 Å². The van der Waals surface area contributed by atoms with Crippen LogP contribution in [0.1, 0.15) is 33.1 Å².